The molecule has 1 fully saturated rings. The van der Waals surface area contributed by atoms with Crippen molar-refractivity contribution in [1.29, 1.82) is 0 Å². The number of benzene rings is 1. The van der Waals surface area contributed by atoms with Crippen LogP contribution in [-0.2, 0) is 19.7 Å². The Kier molecular flexibility index (Phi) is 5.96. The molecule has 0 bridgehead atoms. The molecule has 0 radical (unpaired) electrons. The summed E-state index contributed by atoms with van der Waals surface area (Å²) < 4.78 is 5.48. The maximum Gasteiger partial charge on any atom is 0.313 e. The lowest BCUT2D eigenvalue weighted by Gasteiger charge is -2.36. The molecule has 3 rings (SSSR count). The highest BCUT2D eigenvalue weighted by atomic mass is 35.5. The Bertz CT molecular complexity index is 786. The molecular weight excluding hydrogens is 372 g/mol. The summed E-state index contributed by atoms with van der Waals surface area (Å²) in [5.74, 6) is -1.34. The van der Waals surface area contributed by atoms with E-state index in [1.54, 1.807) is 29.5 Å². The minimum absolute atomic E-state index is 0.172. The molecule has 2 aromatic rings. The Balaban J connectivity index is 1.65. The van der Waals surface area contributed by atoms with Crippen LogP contribution in [0.15, 0.2) is 35.7 Å². The van der Waals surface area contributed by atoms with E-state index in [4.69, 9.17) is 16.3 Å². The van der Waals surface area contributed by atoms with Gasteiger partial charge in [0.15, 0.2) is 0 Å². The van der Waals surface area contributed by atoms with Crippen LogP contribution in [0.4, 0.5) is 5.69 Å². The summed E-state index contributed by atoms with van der Waals surface area (Å²) in [7, 11) is 0. The molecule has 1 aromatic carbocycles. The number of ether oxygens (including phenoxy) is 1. The topological polar surface area (TPSA) is 67.4 Å². The zero-order valence-electron chi connectivity index (χ0n) is 14.5. The van der Waals surface area contributed by atoms with Crippen molar-refractivity contribution in [3.05, 3.63) is 51.2 Å². The van der Waals surface area contributed by atoms with Gasteiger partial charge in [0.05, 0.1) is 0 Å². The molecule has 1 saturated heterocycles. The maximum absolute atomic E-state index is 12.3. The highest BCUT2D eigenvalue weighted by molar-refractivity contribution is 7.10. The third-order valence-corrected chi connectivity index (χ3v) is 6.09. The normalized spacial score (nSPS) is 16.1. The molecule has 26 heavy (non-hydrogen) atoms. The van der Waals surface area contributed by atoms with Crippen LogP contribution < -0.4 is 10.6 Å². The Morgan fingerprint density at radius 2 is 2.00 bits per heavy atom. The average molecular weight is 393 g/mol. The van der Waals surface area contributed by atoms with Crippen LogP contribution in [0, 0.1) is 6.92 Å². The number of rotatable bonds is 4. The van der Waals surface area contributed by atoms with Gasteiger partial charge in [-0.05, 0) is 48.9 Å². The van der Waals surface area contributed by atoms with E-state index >= 15 is 0 Å². The molecule has 2 amide bonds. The Morgan fingerprint density at radius 3 is 2.69 bits per heavy atom. The molecule has 0 spiro atoms. The van der Waals surface area contributed by atoms with Gasteiger partial charge in [-0.1, -0.05) is 23.7 Å². The maximum atomic E-state index is 12.3. The second kappa shape index (κ2) is 8.20. The van der Waals surface area contributed by atoms with E-state index in [1.165, 1.54) is 4.88 Å². The predicted molar refractivity (Wildman–Crippen MR) is 104 cm³/mol. The monoisotopic (exact) mass is 392 g/mol. The van der Waals surface area contributed by atoms with E-state index in [-0.39, 0.29) is 5.41 Å². The molecule has 2 heterocycles. The molecule has 1 aliphatic heterocycles. The largest absolute Gasteiger partial charge is 0.381 e. The molecule has 2 N–H and O–H groups in total. The number of thiophene rings is 1. The molecular formula is C19H21ClN2O3S. The van der Waals surface area contributed by atoms with E-state index in [1.807, 2.05) is 18.4 Å². The first-order valence-electron chi connectivity index (χ1n) is 8.47. The summed E-state index contributed by atoms with van der Waals surface area (Å²) in [5.41, 5.74) is 1.21. The van der Waals surface area contributed by atoms with E-state index in [0.717, 1.165) is 18.4 Å². The fraction of sp³-hybridized carbons (Fsp3) is 0.368. The van der Waals surface area contributed by atoms with Crippen LogP contribution >= 0.6 is 22.9 Å². The van der Waals surface area contributed by atoms with Crippen LogP contribution in [0.1, 0.15) is 23.3 Å². The second-order valence-corrected chi connectivity index (χ2v) is 7.85. The number of halogens is 1. The van der Waals surface area contributed by atoms with E-state index in [9.17, 15) is 9.59 Å². The van der Waals surface area contributed by atoms with Crippen molar-refractivity contribution in [1.82, 2.24) is 5.32 Å². The molecule has 1 aromatic heterocycles. The third kappa shape index (κ3) is 4.26. The van der Waals surface area contributed by atoms with Crippen molar-refractivity contribution < 1.29 is 14.3 Å². The number of amides is 2. The lowest BCUT2D eigenvalue weighted by atomic mass is 9.78. The molecule has 0 saturated carbocycles. The van der Waals surface area contributed by atoms with Gasteiger partial charge < -0.3 is 15.4 Å². The zero-order chi connectivity index (χ0) is 18.6. The molecule has 0 aliphatic carbocycles. The molecule has 0 unspecified atom stereocenters. The number of hydrogen-bond donors (Lipinski definition) is 2. The zero-order valence-corrected chi connectivity index (χ0v) is 16.1. The molecule has 5 nitrogen and oxygen atoms in total. The highest BCUT2D eigenvalue weighted by Gasteiger charge is 2.36. The van der Waals surface area contributed by atoms with Crippen LogP contribution in [-0.4, -0.2) is 31.6 Å². The van der Waals surface area contributed by atoms with E-state index in [0.29, 0.717) is 30.5 Å². The first-order chi connectivity index (χ1) is 12.5. The highest BCUT2D eigenvalue weighted by Crippen LogP contribution is 2.36. The predicted octanol–water partition coefficient (Wildman–Crippen LogP) is 3.51. The Morgan fingerprint density at radius 1 is 1.23 bits per heavy atom. The number of nitrogens with one attached hydrogen (secondary N) is 2. The minimum Gasteiger partial charge on any atom is -0.381 e. The van der Waals surface area contributed by atoms with E-state index in [2.05, 4.69) is 16.7 Å². The van der Waals surface area contributed by atoms with Crippen LogP contribution in [0.5, 0.6) is 0 Å². The van der Waals surface area contributed by atoms with Crippen molar-refractivity contribution >= 4 is 40.4 Å². The summed E-state index contributed by atoms with van der Waals surface area (Å²) in [5, 5.41) is 7.97. The third-order valence-electron chi connectivity index (χ3n) is 4.74. The first-order valence-corrected chi connectivity index (χ1v) is 9.73. The van der Waals surface area contributed by atoms with Crippen molar-refractivity contribution in [2.45, 2.75) is 25.2 Å². The van der Waals surface area contributed by atoms with Gasteiger partial charge >= 0.3 is 11.8 Å². The SMILES string of the molecule is Cc1ccc(Cl)cc1NC(=O)C(=O)NCC1(c2cccs2)CCOCC1. The van der Waals surface area contributed by atoms with Gasteiger partial charge in [-0.25, -0.2) is 0 Å². The summed E-state index contributed by atoms with van der Waals surface area (Å²) in [6.07, 6.45) is 1.64. The minimum atomic E-state index is -0.691. The Labute approximate surface area is 161 Å². The van der Waals surface area contributed by atoms with Gasteiger partial charge in [0.1, 0.15) is 0 Å². The van der Waals surface area contributed by atoms with Gasteiger partial charge in [0, 0.05) is 40.8 Å². The summed E-state index contributed by atoms with van der Waals surface area (Å²) in [6.45, 7) is 3.57. The van der Waals surface area contributed by atoms with Crippen LogP contribution in [0.3, 0.4) is 0 Å². The van der Waals surface area contributed by atoms with Crippen LogP contribution in [0.25, 0.3) is 0 Å². The molecule has 1 aliphatic rings. The quantitative estimate of drug-likeness (QED) is 0.782. The standard InChI is InChI=1S/C19H21ClN2O3S/c1-13-4-5-14(20)11-15(13)22-18(24)17(23)21-12-19(6-8-25-9-7-19)16-3-2-10-26-16/h2-5,10-11H,6-9,12H2,1H3,(H,21,23)(H,22,24). The van der Waals surface area contributed by atoms with Crippen LogP contribution in [0.2, 0.25) is 5.02 Å². The second-order valence-electron chi connectivity index (χ2n) is 6.47. The number of carbonyl (C=O) groups is 2. The lowest BCUT2D eigenvalue weighted by molar-refractivity contribution is -0.136. The number of carbonyl (C=O) groups excluding carboxylic acids is 2. The van der Waals surface area contributed by atoms with Gasteiger partial charge in [-0.3, -0.25) is 9.59 Å². The summed E-state index contributed by atoms with van der Waals surface area (Å²) in [6, 6.07) is 9.26. The fourth-order valence-electron chi connectivity index (χ4n) is 3.09. The number of aryl methyl sites for hydroxylation is 1. The summed E-state index contributed by atoms with van der Waals surface area (Å²) >= 11 is 7.63. The number of anilines is 1. The van der Waals surface area contributed by atoms with Crippen molar-refractivity contribution in [2.75, 3.05) is 25.1 Å². The van der Waals surface area contributed by atoms with Gasteiger partial charge in [0.2, 0.25) is 0 Å². The first kappa shape index (κ1) is 18.9. The van der Waals surface area contributed by atoms with Gasteiger partial charge in [0.25, 0.3) is 0 Å². The Hall–Kier alpha value is -1.89. The van der Waals surface area contributed by atoms with Gasteiger partial charge in [-0.2, -0.15) is 0 Å². The smallest absolute Gasteiger partial charge is 0.313 e. The van der Waals surface area contributed by atoms with Crippen molar-refractivity contribution in [3.63, 3.8) is 0 Å². The van der Waals surface area contributed by atoms with Crippen molar-refractivity contribution in [2.24, 2.45) is 0 Å². The summed E-state index contributed by atoms with van der Waals surface area (Å²) in [4.78, 5) is 25.8. The lowest BCUT2D eigenvalue weighted by Crippen LogP contribution is -2.46. The van der Waals surface area contributed by atoms with E-state index < -0.39 is 11.8 Å². The van der Waals surface area contributed by atoms with Crippen molar-refractivity contribution in [3.8, 4) is 0 Å². The van der Waals surface area contributed by atoms with Gasteiger partial charge in [-0.15, -0.1) is 11.3 Å². The molecule has 138 valence electrons. The molecule has 7 heteroatoms. The average Bonchev–Trinajstić information content (AvgIpc) is 3.19. The number of hydrogen-bond acceptors (Lipinski definition) is 4. The fourth-order valence-corrected chi connectivity index (χ4v) is 4.25. The molecule has 0 atom stereocenters.